The molecule has 1 heterocycles. The van der Waals surface area contributed by atoms with Crippen molar-refractivity contribution in [2.45, 2.75) is 32.6 Å². The van der Waals surface area contributed by atoms with Crippen LogP contribution < -0.4 is 0 Å². The number of rotatable bonds is 5. The van der Waals surface area contributed by atoms with Crippen molar-refractivity contribution in [1.82, 2.24) is 9.80 Å². The molecular formula is C17H23FN2O2. The van der Waals surface area contributed by atoms with E-state index in [2.05, 4.69) is 0 Å². The Morgan fingerprint density at radius 1 is 1.05 bits per heavy atom. The summed E-state index contributed by atoms with van der Waals surface area (Å²) in [6.45, 7) is 4.41. The highest BCUT2D eigenvalue weighted by molar-refractivity contribution is 5.78. The van der Waals surface area contributed by atoms with E-state index in [0.29, 0.717) is 45.4 Å². The van der Waals surface area contributed by atoms with Crippen LogP contribution in [0.1, 0.15) is 31.7 Å². The van der Waals surface area contributed by atoms with Gasteiger partial charge < -0.3 is 9.80 Å². The van der Waals surface area contributed by atoms with Gasteiger partial charge in [0, 0.05) is 39.0 Å². The molecule has 4 nitrogen and oxygen atoms in total. The molecule has 1 fully saturated rings. The van der Waals surface area contributed by atoms with E-state index in [-0.39, 0.29) is 17.6 Å². The zero-order chi connectivity index (χ0) is 15.9. The van der Waals surface area contributed by atoms with Gasteiger partial charge >= 0.3 is 0 Å². The predicted octanol–water partition coefficient (Wildman–Crippen LogP) is 2.23. The molecule has 120 valence electrons. The van der Waals surface area contributed by atoms with Crippen LogP contribution in [0.25, 0.3) is 0 Å². The number of piperazine rings is 1. The summed E-state index contributed by atoms with van der Waals surface area (Å²) in [4.78, 5) is 27.6. The third-order valence-electron chi connectivity index (χ3n) is 3.97. The van der Waals surface area contributed by atoms with Crippen LogP contribution in [-0.2, 0) is 16.0 Å². The normalized spacial score (nSPS) is 15.0. The van der Waals surface area contributed by atoms with E-state index < -0.39 is 0 Å². The van der Waals surface area contributed by atoms with Gasteiger partial charge in [0.15, 0.2) is 0 Å². The maximum absolute atomic E-state index is 13.1. The minimum atomic E-state index is -0.270. The van der Waals surface area contributed by atoms with Crippen molar-refractivity contribution >= 4 is 11.8 Å². The highest BCUT2D eigenvalue weighted by Crippen LogP contribution is 2.10. The Hall–Kier alpha value is -1.91. The van der Waals surface area contributed by atoms with Crippen LogP contribution >= 0.6 is 0 Å². The molecule has 0 spiro atoms. The third-order valence-corrected chi connectivity index (χ3v) is 3.97. The van der Waals surface area contributed by atoms with Crippen molar-refractivity contribution in [3.05, 3.63) is 35.6 Å². The number of nitrogens with zero attached hydrogens (tertiary/aromatic N) is 2. The minimum absolute atomic E-state index is 0.0758. The first-order valence-corrected chi connectivity index (χ1v) is 7.90. The molecule has 1 aliphatic heterocycles. The van der Waals surface area contributed by atoms with Crippen LogP contribution in [-0.4, -0.2) is 47.8 Å². The van der Waals surface area contributed by atoms with E-state index >= 15 is 0 Å². The smallest absolute Gasteiger partial charge is 0.223 e. The van der Waals surface area contributed by atoms with E-state index in [0.717, 1.165) is 12.0 Å². The van der Waals surface area contributed by atoms with Crippen LogP contribution in [0.3, 0.4) is 0 Å². The van der Waals surface area contributed by atoms with Crippen LogP contribution in [0.4, 0.5) is 4.39 Å². The van der Waals surface area contributed by atoms with Crippen molar-refractivity contribution in [1.29, 1.82) is 0 Å². The molecule has 2 rings (SSSR count). The lowest BCUT2D eigenvalue weighted by atomic mass is 10.1. The molecule has 0 atom stereocenters. The van der Waals surface area contributed by atoms with Gasteiger partial charge in [0.2, 0.25) is 11.8 Å². The second-order valence-corrected chi connectivity index (χ2v) is 5.64. The summed E-state index contributed by atoms with van der Waals surface area (Å²) in [7, 11) is 0. The molecule has 0 N–H and O–H groups in total. The largest absolute Gasteiger partial charge is 0.339 e. The molecule has 1 aliphatic rings. The van der Waals surface area contributed by atoms with Gasteiger partial charge in [-0.25, -0.2) is 4.39 Å². The average molecular weight is 306 g/mol. The quantitative estimate of drug-likeness (QED) is 0.837. The molecule has 0 radical (unpaired) electrons. The summed E-state index contributed by atoms with van der Waals surface area (Å²) in [5.74, 6) is -0.0192. The fourth-order valence-corrected chi connectivity index (χ4v) is 2.68. The second-order valence-electron chi connectivity index (χ2n) is 5.64. The standard InChI is InChI=1S/C17H23FN2O2/c1-2-4-16(21)19-9-11-20(12-10-19)17(22)8-7-14-5-3-6-15(18)13-14/h3,5-6,13H,2,4,7-12H2,1H3. The lowest BCUT2D eigenvalue weighted by Crippen LogP contribution is -2.50. The van der Waals surface area contributed by atoms with Crippen LogP contribution in [0.15, 0.2) is 24.3 Å². The molecule has 0 unspecified atom stereocenters. The van der Waals surface area contributed by atoms with E-state index in [4.69, 9.17) is 0 Å². The number of carbonyl (C=O) groups excluding carboxylic acids is 2. The lowest BCUT2D eigenvalue weighted by Gasteiger charge is -2.35. The summed E-state index contributed by atoms with van der Waals surface area (Å²) in [6, 6.07) is 6.36. The summed E-state index contributed by atoms with van der Waals surface area (Å²) in [6.07, 6.45) is 2.36. The van der Waals surface area contributed by atoms with E-state index in [1.807, 2.05) is 17.9 Å². The number of benzene rings is 1. The van der Waals surface area contributed by atoms with Crippen molar-refractivity contribution in [3.8, 4) is 0 Å². The van der Waals surface area contributed by atoms with Crippen molar-refractivity contribution < 1.29 is 14.0 Å². The fourth-order valence-electron chi connectivity index (χ4n) is 2.68. The summed E-state index contributed by atoms with van der Waals surface area (Å²) < 4.78 is 13.1. The Morgan fingerprint density at radius 3 is 2.18 bits per heavy atom. The van der Waals surface area contributed by atoms with Crippen LogP contribution in [0, 0.1) is 5.82 Å². The van der Waals surface area contributed by atoms with Gasteiger partial charge in [0.05, 0.1) is 0 Å². The molecule has 0 aromatic heterocycles. The zero-order valence-corrected chi connectivity index (χ0v) is 13.1. The van der Waals surface area contributed by atoms with Gasteiger partial charge in [-0.2, -0.15) is 0 Å². The third kappa shape index (κ3) is 4.55. The average Bonchev–Trinajstić information content (AvgIpc) is 2.53. The molecule has 0 aliphatic carbocycles. The number of amides is 2. The lowest BCUT2D eigenvalue weighted by molar-refractivity contribution is -0.139. The molecule has 0 saturated carbocycles. The monoisotopic (exact) mass is 306 g/mol. The predicted molar refractivity (Wildman–Crippen MR) is 82.8 cm³/mol. The van der Waals surface area contributed by atoms with Gasteiger partial charge in [0.25, 0.3) is 0 Å². The van der Waals surface area contributed by atoms with E-state index in [1.54, 1.807) is 11.0 Å². The van der Waals surface area contributed by atoms with E-state index in [1.165, 1.54) is 12.1 Å². The topological polar surface area (TPSA) is 40.6 Å². The summed E-state index contributed by atoms with van der Waals surface area (Å²) >= 11 is 0. The second kappa shape index (κ2) is 7.92. The molecule has 1 aromatic carbocycles. The molecule has 1 aromatic rings. The van der Waals surface area contributed by atoms with Crippen molar-refractivity contribution in [2.24, 2.45) is 0 Å². The first-order valence-electron chi connectivity index (χ1n) is 7.90. The zero-order valence-electron chi connectivity index (χ0n) is 13.1. The summed E-state index contributed by atoms with van der Waals surface area (Å²) in [5.41, 5.74) is 0.838. The SMILES string of the molecule is CCCC(=O)N1CCN(C(=O)CCc2cccc(F)c2)CC1. The molecule has 2 amide bonds. The Bertz CT molecular complexity index is 525. The maximum Gasteiger partial charge on any atom is 0.223 e. The molecule has 5 heteroatoms. The van der Waals surface area contributed by atoms with Gasteiger partial charge in [0.1, 0.15) is 5.82 Å². The number of aryl methyl sites for hydroxylation is 1. The maximum atomic E-state index is 13.1. The number of carbonyl (C=O) groups is 2. The fraction of sp³-hybridized carbons (Fsp3) is 0.529. The van der Waals surface area contributed by atoms with Gasteiger partial charge in [-0.3, -0.25) is 9.59 Å². The number of hydrogen-bond acceptors (Lipinski definition) is 2. The van der Waals surface area contributed by atoms with Gasteiger partial charge in [-0.05, 0) is 30.5 Å². The Labute approximate surface area is 130 Å². The van der Waals surface area contributed by atoms with Crippen LogP contribution in [0.5, 0.6) is 0 Å². The van der Waals surface area contributed by atoms with Gasteiger partial charge in [-0.15, -0.1) is 0 Å². The Morgan fingerprint density at radius 2 is 1.64 bits per heavy atom. The highest BCUT2D eigenvalue weighted by atomic mass is 19.1. The first-order chi connectivity index (χ1) is 10.6. The highest BCUT2D eigenvalue weighted by Gasteiger charge is 2.23. The minimum Gasteiger partial charge on any atom is -0.339 e. The number of halogens is 1. The first kappa shape index (κ1) is 16.5. The number of hydrogen-bond donors (Lipinski definition) is 0. The van der Waals surface area contributed by atoms with Crippen molar-refractivity contribution in [2.75, 3.05) is 26.2 Å². The van der Waals surface area contributed by atoms with Crippen molar-refractivity contribution in [3.63, 3.8) is 0 Å². The van der Waals surface area contributed by atoms with Gasteiger partial charge in [-0.1, -0.05) is 19.1 Å². The summed E-state index contributed by atoms with van der Waals surface area (Å²) in [5, 5.41) is 0. The molecular weight excluding hydrogens is 283 g/mol. The van der Waals surface area contributed by atoms with E-state index in [9.17, 15) is 14.0 Å². The Kier molecular flexibility index (Phi) is 5.92. The molecule has 0 bridgehead atoms. The molecule has 1 saturated heterocycles. The Balaban J connectivity index is 1.76. The molecule has 22 heavy (non-hydrogen) atoms. The van der Waals surface area contributed by atoms with Crippen LogP contribution in [0.2, 0.25) is 0 Å².